The van der Waals surface area contributed by atoms with Crippen molar-refractivity contribution >= 4 is 50.7 Å². The number of anilines is 1. The second-order valence-corrected chi connectivity index (χ2v) is 10.1. The van der Waals surface area contributed by atoms with Gasteiger partial charge < -0.3 is 10.2 Å². The number of para-hydroxylation sites is 1. The van der Waals surface area contributed by atoms with E-state index in [0.29, 0.717) is 13.1 Å². The molecule has 0 atom stereocenters. The molecule has 1 fully saturated rings. The number of carbonyl (C=O) groups excluding carboxylic acids is 2. The van der Waals surface area contributed by atoms with Gasteiger partial charge in [-0.15, -0.1) is 0 Å². The van der Waals surface area contributed by atoms with Crippen LogP contribution in [-0.2, 0) is 14.8 Å². The zero-order valence-corrected chi connectivity index (χ0v) is 20.0. The first-order valence-electron chi connectivity index (χ1n) is 10.4. The summed E-state index contributed by atoms with van der Waals surface area (Å²) in [4.78, 5) is 27.1. The van der Waals surface area contributed by atoms with Crippen LogP contribution in [0.3, 0.4) is 0 Å². The van der Waals surface area contributed by atoms with Gasteiger partial charge in [0.05, 0.1) is 26.2 Å². The average molecular weight is 498 g/mol. The molecule has 1 aliphatic rings. The maximum absolute atomic E-state index is 13.3. The molecule has 1 heterocycles. The smallest absolute Gasteiger partial charge is 0.255 e. The van der Waals surface area contributed by atoms with Crippen molar-refractivity contribution in [2.45, 2.75) is 31.1 Å². The number of likely N-dealkylation sites (N-methyl/N-ethyl adjacent to an activating group) is 1. The first-order valence-corrected chi connectivity index (χ1v) is 12.6. The van der Waals surface area contributed by atoms with Crippen molar-refractivity contribution < 1.29 is 18.0 Å². The summed E-state index contributed by atoms with van der Waals surface area (Å²) in [6.45, 7) is 2.51. The molecule has 0 aliphatic carbocycles. The Morgan fingerprint density at radius 3 is 2.25 bits per heavy atom. The van der Waals surface area contributed by atoms with Crippen LogP contribution in [0.4, 0.5) is 5.69 Å². The van der Waals surface area contributed by atoms with Crippen LogP contribution in [0.1, 0.15) is 36.5 Å². The van der Waals surface area contributed by atoms with Crippen LogP contribution in [-0.4, -0.2) is 55.6 Å². The number of benzene rings is 2. The molecule has 0 radical (unpaired) electrons. The number of rotatable bonds is 7. The van der Waals surface area contributed by atoms with Crippen LogP contribution in [0.2, 0.25) is 10.0 Å². The standard InChI is InChI=1S/C22H25Cl2N3O4S/c1-2-26(15-20(28)25-21-17(23)10-8-11-18(21)24)22(29)16-9-4-5-12-19(16)32(30,31)27-13-6-3-7-14-27/h4-5,8-12H,2-3,6-7,13-15H2,1H3,(H,25,28). The van der Waals surface area contributed by atoms with E-state index in [2.05, 4.69) is 5.32 Å². The molecule has 0 spiro atoms. The second-order valence-electron chi connectivity index (χ2n) is 7.43. The summed E-state index contributed by atoms with van der Waals surface area (Å²) in [6, 6.07) is 11.0. The van der Waals surface area contributed by atoms with Crippen LogP contribution in [0.15, 0.2) is 47.4 Å². The largest absolute Gasteiger partial charge is 0.330 e. The van der Waals surface area contributed by atoms with Crippen molar-refractivity contribution in [3.05, 3.63) is 58.1 Å². The average Bonchev–Trinajstić information content (AvgIpc) is 2.80. The van der Waals surface area contributed by atoms with Gasteiger partial charge in [-0.1, -0.05) is 47.8 Å². The van der Waals surface area contributed by atoms with Crippen molar-refractivity contribution in [2.75, 3.05) is 31.5 Å². The van der Waals surface area contributed by atoms with E-state index < -0.39 is 21.8 Å². The molecule has 10 heteroatoms. The van der Waals surface area contributed by atoms with E-state index in [1.165, 1.54) is 21.3 Å². The molecule has 0 bridgehead atoms. The lowest BCUT2D eigenvalue weighted by atomic mass is 10.2. The number of nitrogens with one attached hydrogen (secondary N) is 1. The quantitative estimate of drug-likeness (QED) is 0.618. The third-order valence-electron chi connectivity index (χ3n) is 5.28. The molecule has 2 aromatic rings. The third-order valence-corrected chi connectivity index (χ3v) is 7.87. The van der Waals surface area contributed by atoms with E-state index in [1.807, 2.05) is 0 Å². The summed E-state index contributed by atoms with van der Waals surface area (Å²) >= 11 is 12.2. The molecule has 1 aliphatic heterocycles. The van der Waals surface area contributed by atoms with Crippen molar-refractivity contribution in [2.24, 2.45) is 0 Å². The van der Waals surface area contributed by atoms with Crippen LogP contribution in [0, 0.1) is 0 Å². The zero-order valence-electron chi connectivity index (χ0n) is 17.7. The SMILES string of the molecule is CCN(CC(=O)Nc1c(Cl)cccc1Cl)C(=O)c1ccccc1S(=O)(=O)N1CCCCC1. The highest BCUT2D eigenvalue weighted by Crippen LogP contribution is 2.30. The summed E-state index contributed by atoms with van der Waals surface area (Å²) < 4.78 is 27.8. The number of sulfonamides is 1. The first-order chi connectivity index (χ1) is 15.3. The van der Waals surface area contributed by atoms with Crippen LogP contribution >= 0.6 is 23.2 Å². The van der Waals surface area contributed by atoms with Crippen LogP contribution in [0.5, 0.6) is 0 Å². The number of piperidine rings is 1. The summed E-state index contributed by atoms with van der Waals surface area (Å²) in [5.74, 6) is -1.03. The Morgan fingerprint density at radius 1 is 1.00 bits per heavy atom. The Balaban J connectivity index is 1.82. The minimum Gasteiger partial charge on any atom is -0.330 e. The second kappa shape index (κ2) is 10.7. The topological polar surface area (TPSA) is 86.8 Å². The fraction of sp³-hybridized carbons (Fsp3) is 0.364. The van der Waals surface area contributed by atoms with E-state index in [-0.39, 0.29) is 39.3 Å². The molecular weight excluding hydrogens is 473 g/mol. The van der Waals surface area contributed by atoms with Gasteiger partial charge in [-0.25, -0.2) is 8.42 Å². The van der Waals surface area contributed by atoms with E-state index in [0.717, 1.165) is 19.3 Å². The number of hydrogen-bond donors (Lipinski definition) is 1. The molecule has 172 valence electrons. The highest BCUT2D eigenvalue weighted by Gasteiger charge is 2.31. The van der Waals surface area contributed by atoms with Crippen LogP contribution in [0.25, 0.3) is 0 Å². The van der Waals surface area contributed by atoms with E-state index in [4.69, 9.17) is 23.2 Å². The number of hydrogen-bond acceptors (Lipinski definition) is 4. The lowest BCUT2D eigenvalue weighted by Gasteiger charge is -2.27. The van der Waals surface area contributed by atoms with Gasteiger partial charge >= 0.3 is 0 Å². The van der Waals surface area contributed by atoms with Crippen LogP contribution < -0.4 is 5.32 Å². The molecule has 32 heavy (non-hydrogen) atoms. The lowest BCUT2D eigenvalue weighted by molar-refractivity contribution is -0.116. The Kier molecular flexibility index (Phi) is 8.16. The summed E-state index contributed by atoms with van der Waals surface area (Å²) in [5, 5.41) is 3.18. The molecule has 2 aromatic carbocycles. The highest BCUT2D eigenvalue weighted by molar-refractivity contribution is 7.89. The maximum atomic E-state index is 13.3. The monoisotopic (exact) mass is 497 g/mol. The van der Waals surface area contributed by atoms with Crippen molar-refractivity contribution in [1.29, 1.82) is 0 Å². The van der Waals surface area contributed by atoms with E-state index >= 15 is 0 Å². The minimum atomic E-state index is -3.82. The van der Waals surface area contributed by atoms with Gasteiger partial charge in [-0.2, -0.15) is 4.31 Å². The highest BCUT2D eigenvalue weighted by atomic mass is 35.5. The third kappa shape index (κ3) is 5.43. The van der Waals surface area contributed by atoms with E-state index in [9.17, 15) is 18.0 Å². The molecule has 3 rings (SSSR count). The molecule has 1 saturated heterocycles. The number of halogens is 2. The van der Waals surface area contributed by atoms with E-state index in [1.54, 1.807) is 37.3 Å². The Labute approximate surface area is 198 Å². The molecule has 7 nitrogen and oxygen atoms in total. The minimum absolute atomic E-state index is 0.0418. The predicted octanol–water partition coefficient (Wildman–Crippen LogP) is 4.27. The van der Waals surface area contributed by atoms with Gasteiger partial charge in [0, 0.05) is 19.6 Å². The lowest BCUT2D eigenvalue weighted by Crippen LogP contribution is -2.40. The number of amides is 2. The van der Waals surface area contributed by atoms with Crippen molar-refractivity contribution in [1.82, 2.24) is 9.21 Å². The molecule has 0 saturated carbocycles. The summed E-state index contributed by atoms with van der Waals surface area (Å²) in [7, 11) is -3.82. The normalized spacial score (nSPS) is 14.7. The Morgan fingerprint density at radius 2 is 1.62 bits per heavy atom. The van der Waals surface area contributed by atoms with Gasteiger partial charge in [-0.3, -0.25) is 9.59 Å². The van der Waals surface area contributed by atoms with Crippen molar-refractivity contribution in [3.63, 3.8) is 0 Å². The van der Waals surface area contributed by atoms with Gasteiger partial charge in [0.2, 0.25) is 15.9 Å². The van der Waals surface area contributed by atoms with Gasteiger partial charge in [-0.05, 0) is 44.0 Å². The number of nitrogens with zero attached hydrogens (tertiary/aromatic N) is 2. The van der Waals surface area contributed by atoms with Gasteiger partial charge in [0.15, 0.2) is 0 Å². The van der Waals surface area contributed by atoms with Gasteiger partial charge in [0.1, 0.15) is 6.54 Å². The fourth-order valence-corrected chi connectivity index (χ4v) is 5.77. The molecule has 0 aromatic heterocycles. The zero-order chi connectivity index (χ0) is 23.3. The molecule has 0 unspecified atom stereocenters. The number of carbonyl (C=O) groups is 2. The summed E-state index contributed by atoms with van der Waals surface area (Å²) in [5.41, 5.74) is 0.306. The molecular formula is C22H25Cl2N3O4S. The van der Waals surface area contributed by atoms with Gasteiger partial charge in [0.25, 0.3) is 5.91 Å². The first kappa shape index (κ1) is 24.5. The van der Waals surface area contributed by atoms with Crippen molar-refractivity contribution in [3.8, 4) is 0 Å². The predicted molar refractivity (Wildman–Crippen MR) is 126 cm³/mol. The molecule has 1 N–H and O–H groups in total. The molecule has 2 amide bonds. The maximum Gasteiger partial charge on any atom is 0.255 e. The Hall–Kier alpha value is -2.13. The Bertz CT molecular complexity index is 1080. The fourth-order valence-electron chi connectivity index (χ4n) is 3.58. The summed E-state index contributed by atoms with van der Waals surface area (Å²) in [6.07, 6.45) is 2.57.